The zero-order valence-corrected chi connectivity index (χ0v) is 13.6. The molecule has 1 aromatic heterocycles. The smallest absolute Gasteiger partial charge is 0.159 e. The number of ketones is 1. The summed E-state index contributed by atoms with van der Waals surface area (Å²) < 4.78 is 0. The predicted octanol–water partition coefficient (Wildman–Crippen LogP) is 4.47. The number of para-hydroxylation sites is 1. The Morgan fingerprint density at radius 3 is 2.12 bits per heavy atom. The van der Waals surface area contributed by atoms with Crippen LogP contribution in [0.15, 0.2) is 60.7 Å². The molecule has 3 rings (SSSR count). The van der Waals surface area contributed by atoms with E-state index in [1.807, 2.05) is 61.5 Å². The van der Waals surface area contributed by atoms with Gasteiger partial charge >= 0.3 is 0 Å². The van der Waals surface area contributed by atoms with Crippen molar-refractivity contribution in [3.63, 3.8) is 0 Å². The van der Waals surface area contributed by atoms with Crippen LogP contribution in [0.4, 0.5) is 23.0 Å². The van der Waals surface area contributed by atoms with Gasteiger partial charge in [-0.2, -0.15) is 0 Å². The van der Waals surface area contributed by atoms with Crippen LogP contribution in [0, 0.1) is 6.92 Å². The summed E-state index contributed by atoms with van der Waals surface area (Å²) in [6.45, 7) is 3.39. The molecule has 0 saturated heterocycles. The van der Waals surface area contributed by atoms with Crippen LogP contribution >= 0.6 is 0 Å². The summed E-state index contributed by atoms with van der Waals surface area (Å²) in [6.07, 6.45) is 0. The third-order valence-electron chi connectivity index (χ3n) is 3.43. The Kier molecular flexibility index (Phi) is 4.52. The molecule has 0 aliphatic rings. The molecule has 0 bridgehead atoms. The number of carbonyl (C=O) groups excluding carboxylic acids is 1. The van der Waals surface area contributed by atoms with Crippen LogP contribution in [0.3, 0.4) is 0 Å². The van der Waals surface area contributed by atoms with E-state index in [0.29, 0.717) is 23.0 Å². The summed E-state index contributed by atoms with van der Waals surface area (Å²) in [5.74, 6) is 2.06. The molecule has 2 N–H and O–H groups in total. The molecule has 2 aromatic carbocycles. The van der Waals surface area contributed by atoms with Gasteiger partial charge in [-0.15, -0.1) is 0 Å². The first-order chi connectivity index (χ1) is 11.6. The fourth-order valence-electron chi connectivity index (χ4n) is 2.33. The molecule has 5 nitrogen and oxygen atoms in total. The van der Waals surface area contributed by atoms with Crippen LogP contribution in [0.5, 0.6) is 0 Å². The SMILES string of the molecule is CC(=O)c1cccc(Nc2cc(Nc3ccccc3)nc(C)n2)c1. The predicted molar refractivity (Wildman–Crippen MR) is 96.2 cm³/mol. The third kappa shape index (κ3) is 3.95. The lowest BCUT2D eigenvalue weighted by molar-refractivity contribution is 0.101. The van der Waals surface area contributed by atoms with Crippen LogP contribution in [0.1, 0.15) is 23.1 Å². The van der Waals surface area contributed by atoms with E-state index in [0.717, 1.165) is 11.4 Å². The van der Waals surface area contributed by atoms with Crippen LogP contribution in [0.2, 0.25) is 0 Å². The van der Waals surface area contributed by atoms with Gasteiger partial charge in [-0.1, -0.05) is 30.3 Å². The number of carbonyl (C=O) groups is 1. The maximum Gasteiger partial charge on any atom is 0.159 e. The third-order valence-corrected chi connectivity index (χ3v) is 3.43. The Labute approximate surface area is 140 Å². The lowest BCUT2D eigenvalue weighted by atomic mass is 10.1. The van der Waals surface area contributed by atoms with Crippen molar-refractivity contribution < 1.29 is 4.79 Å². The van der Waals surface area contributed by atoms with Crippen molar-refractivity contribution in [2.24, 2.45) is 0 Å². The van der Waals surface area contributed by atoms with Gasteiger partial charge in [0.05, 0.1) is 0 Å². The molecule has 24 heavy (non-hydrogen) atoms. The van der Waals surface area contributed by atoms with E-state index in [-0.39, 0.29) is 5.78 Å². The van der Waals surface area contributed by atoms with Crippen LogP contribution in [0.25, 0.3) is 0 Å². The van der Waals surface area contributed by atoms with E-state index in [1.165, 1.54) is 0 Å². The van der Waals surface area contributed by atoms with Crippen molar-refractivity contribution in [1.29, 1.82) is 0 Å². The quantitative estimate of drug-likeness (QED) is 0.679. The molecule has 0 unspecified atom stereocenters. The second-order valence-electron chi connectivity index (χ2n) is 5.44. The maximum absolute atomic E-state index is 11.5. The van der Waals surface area contributed by atoms with E-state index in [9.17, 15) is 4.79 Å². The fourth-order valence-corrected chi connectivity index (χ4v) is 2.33. The molecule has 0 radical (unpaired) electrons. The first kappa shape index (κ1) is 15.7. The van der Waals surface area contributed by atoms with E-state index < -0.39 is 0 Å². The average Bonchev–Trinajstić information content (AvgIpc) is 2.55. The van der Waals surface area contributed by atoms with Gasteiger partial charge in [0.15, 0.2) is 5.78 Å². The van der Waals surface area contributed by atoms with Gasteiger partial charge in [0.2, 0.25) is 0 Å². The number of anilines is 4. The highest BCUT2D eigenvalue weighted by Gasteiger charge is 2.05. The van der Waals surface area contributed by atoms with E-state index >= 15 is 0 Å². The highest BCUT2D eigenvalue weighted by Crippen LogP contribution is 2.21. The summed E-state index contributed by atoms with van der Waals surface area (Å²) in [7, 11) is 0. The summed E-state index contributed by atoms with van der Waals surface area (Å²) in [4.78, 5) is 20.3. The Morgan fingerprint density at radius 2 is 1.46 bits per heavy atom. The second kappa shape index (κ2) is 6.91. The molecule has 0 aliphatic carbocycles. The van der Waals surface area contributed by atoms with Crippen molar-refractivity contribution in [2.45, 2.75) is 13.8 Å². The molecular formula is C19H18N4O. The van der Waals surface area contributed by atoms with Gasteiger partial charge < -0.3 is 10.6 Å². The van der Waals surface area contributed by atoms with Crippen LogP contribution in [-0.4, -0.2) is 15.8 Å². The Morgan fingerprint density at radius 1 is 0.833 bits per heavy atom. The molecule has 1 heterocycles. The van der Waals surface area contributed by atoms with Crippen LogP contribution < -0.4 is 10.6 Å². The molecular weight excluding hydrogens is 300 g/mol. The minimum Gasteiger partial charge on any atom is -0.340 e. The first-order valence-electron chi connectivity index (χ1n) is 7.66. The van der Waals surface area contributed by atoms with Crippen molar-refractivity contribution >= 4 is 28.8 Å². The molecule has 5 heteroatoms. The lowest BCUT2D eigenvalue weighted by Crippen LogP contribution is -2.02. The fraction of sp³-hybridized carbons (Fsp3) is 0.105. The monoisotopic (exact) mass is 318 g/mol. The number of Topliss-reactive ketones (excluding diaryl/α,β-unsaturated/α-hetero) is 1. The molecule has 0 atom stereocenters. The number of nitrogens with zero attached hydrogens (tertiary/aromatic N) is 2. The van der Waals surface area contributed by atoms with Gasteiger partial charge in [-0.05, 0) is 38.1 Å². The summed E-state index contributed by atoms with van der Waals surface area (Å²) in [5, 5.41) is 6.48. The number of hydrogen-bond acceptors (Lipinski definition) is 5. The summed E-state index contributed by atoms with van der Waals surface area (Å²) in [6, 6.07) is 19.0. The molecule has 3 aromatic rings. The van der Waals surface area contributed by atoms with Gasteiger partial charge in [-0.3, -0.25) is 4.79 Å². The number of nitrogens with one attached hydrogen (secondary N) is 2. The lowest BCUT2D eigenvalue weighted by Gasteiger charge is -2.11. The minimum absolute atomic E-state index is 0.0314. The molecule has 0 amide bonds. The van der Waals surface area contributed by atoms with E-state index in [1.54, 1.807) is 13.0 Å². The van der Waals surface area contributed by atoms with Gasteiger partial charge in [0.25, 0.3) is 0 Å². The molecule has 0 spiro atoms. The van der Waals surface area contributed by atoms with Gasteiger partial charge in [-0.25, -0.2) is 9.97 Å². The normalized spacial score (nSPS) is 10.2. The van der Waals surface area contributed by atoms with Crippen molar-refractivity contribution in [3.8, 4) is 0 Å². The van der Waals surface area contributed by atoms with Crippen molar-refractivity contribution in [2.75, 3.05) is 10.6 Å². The molecule has 0 aliphatic heterocycles. The van der Waals surface area contributed by atoms with Gasteiger partial charge in [0, 0.05) is 23.0 Å². The Bertz CT molecular complexity index is 862. The Hall–Kier alpha value is -3.21. The van der Waals surface area contributed by atoms with E-state index in [4.69, 9.17) is 0 Å². The standard InChI is InChI=1S/C19H18N4O/c1-13(24)15-7-6-10-17(11-15)23-19-12-18(20-14(2)21-19)22-16-8-4-3-5-9-16/h3-12H,1-2H3,(H2,20,21,22,23). The number of hydrogen-bond donors (Lipinski definition) is 2. The van der Waals surface area contributed by atoms with Crippen molar-refractivity contribution in [3.05, 3.63) is 72.1 Å². The zero-order valence-electron chi connectivity index (χ0n) is 13.6. The maximum atomic E-state index is 11.5. The number of aryl methyl sites for hydroxylation is 1. The molecule has 0 saturated carbocycles. The molecule has 120 valence electrons. The number of aromatic nitrogens is 2. The average molecular weight is 318 g/mol. The number of benzene rings is 2. The van der Waals surface area contributed by atoms with Gasteiger partial charge in [0.1, 0.15) is 17.5 Å². The first-order valence-corrected chi connectivity index (χ1v) is 7.66. The summed E-state index contributed by atoms with van der Waals surface area (Å²) in [5.41, 5.74) is 2.43. The second-order valence-corrected chi connectivity index (χ2v) is 5.44. The molecule has 0 fully saturated rings. The highest BCUT2D eigenvalue weighted by atomic mass is 16.1. The van der Waals surface area contributed by atoms with E-state index in [2.05, 4.69) is 20.6 Å². The largest absolute Gasteiger partial charge is 0.340 e. The number of rotatable bonds is 5. The highest BCUT2D eigenvalue weighted by molar-refractivity contribution is 5.95. The Balaban J connectivity index is 1.83. The summed E-state index contributed by atoms with van der Waals surface area (Å²) >= 11 is 0. The minimum atomic E-state index is 0.0314. The topological polar surface area (TPSA) is 66.9 Å². The zero-order chi connectivity index (χ0) is 16.9. The van der Waals surface area contributed by atoms with Crippen molar-refractivity contribution in [1.82, 2.24) is 9.97 Å². The van der Waals surface area contributed by atoms with Crippen LogP contribution in [-0.2, 0) is 0 Å².